The third-order valence-corrected chi connectivity index (χ3v) is 7.35. The van der Waals surface area contributed by atoms with Gasteiger partial charge >= 0.3 is 5.97 Å². The third kappa shape index (κ3) is 5.63. The Morgan fingerprint density at radius 3 is 2.46 bits per heavy atom. The number of rotatable bonds is 6. The average Bonchev–Trinajstić information content (AvgIpc) is 2.84. The molecule has 1 heterocycles. The van der Waals surface area contributed by atoms with Gasteiger partial charge < -0.3 is 9.64 Å². The van der Waals surface area contributed by atoms with Crippen LogP contribution < -0.4 is 4.72 Å². The number of esters is 1. The minimum Gasteiger partial charge on any atom is -0.449 e. The molecule has 0 saturated heterocycles. The van der Waals surface area contributed by atoms with Crippen LogP contribution in [-0.2, 0) is 32.5 Å². The Kier molecular flexibility index (Phi) is 7.09. The predicted octanol–water partition coefficient (Wildman–Crippen LogP) is 4.41. The topological polar surface area (TPSA) is 92.8 Å². The van der Waals surface area contributed by atoms with Gasteiger partial charge in [-0.05, 0) is 66.9 Å². The summed E-state index contributed by atoms with van der Waals surface area (Å²) in [4.78, 5) is 27.1. The average molecular weight is 517 g/mol. The van der Waals surface area contributed by atoms with Crippen LogP contribution in [0, 0.1) is 5.82 Å². The Balaban J connectivity index is 1.47. The molecule has 0 spiro atoms. The Hall–Kier alpha value is -3.43. The second-order valence-electron chi connectivity index (χ2n) is 8.08. The number of ether oxygens (including phenoxy) is 1. The maximum Gasteiger partial charge on any atom is 0.340 e. The number of anilines is 1. The molecule has 0 fully saturated rings. The van der Waals surface area contributed by atoms with Crippen LogP contribution in [0.1, 0.15) is 28.4 Å². The van der Waals surface area contributed by atoms with E-state index < -0.39 is 27.9 Å². The minimum atomic E-state index is -4.10. The number of carbonyl (C=O) groups is 2. The van der Waals surface area contributed by atoms with Crippen molar-refractivity contribution in [2.24, 2.45) is 0 Å². The molecule has 182 valence electrons. The zero-order valence-electron chi connectivity index (χ0n) is 18.7. The Morgan fingerprint density at radius 2 is 1.74 bits per heavy atom. The fourth-order valence-electron chi connectivity index (χ4n) is 3.78. The second kappa shape index (κ2) is 10.1. The Bertz CT molecular complexity index is 1380. The van der Waals surface area contributed by atoms with Gasteiger partial charge in [0.2, 0.25) is 0 Å². The molecule has 1 amide bonds. The van der Waals surface area contributed by atoms with Gasteiger partial charge in [0.25, 0.3) is 15.9 Å². The molecular weight excluding hydrogens is 495 g/mol. The van der Waals surface area contributed by atoms with Crippen molar-refractivity contribution in [1.29, 1.82) is 0 Å². The van der Waals surface area contributed by atoms with Crippen LogP contribution in [0.3, 0.4) is 0 Å². The summed E-state index contributed by atoms with van der Waals surface area (Å²) >= 11 is 6.13. The van der Waals surface area contributed by atoms with Gasteiger partial charge in [-0.2, -0.15) is 0 Å². The molecule has 3 aromatic rings. The molecule has 0 radical (unpaired) electrons. The molecular formula is C25H22ClFN2O5S. The van der Waals surface area contributed by atoms with Crippen molar-refractivity contribution in [3.05, 3.63) is 94.3 Å². The molecule has 0 aromatic heterocycles. The van der Waals surface area contributed by atoms with E-state index in [0.29, 0.717) is 19.5 Å². The van der Waals surface area contributed by atoms with Gasteiger partial charge in [0, 0.05) is 18.8 Å². The first-order valence-electron chi connectivity index (χ1n) is 10.8. The number of sulfonamides is 1. The first-order valence-corrected chi connectivity index (χ1v) is 12.6. The van der Waals surface area contributed by atoms with Crippen molar-refractivity contribution < 1.29 is 27.1 Å². The summed E-state index contributed by atoms with van der Waals surface area (Å²) in [7, 11) is -4.10. The molecule has 0 bridgehead atoms. The molecule has 7 nitrogen and oxygen atoms in total. The lowest BCUT2D eigenvalue weighted by atomic mass is 9.99. The number of carbonyl (C=O) groups excluding carboxylic acids is 2. The van der Waals surface area contributed by atoms with Crippen molar-refractivity contribution in [3.63, 3.8) is 0 Å². The zero-order chi connectivity index (χ0) is 25.2. The van der Waals surface area contributed by atoms with E-state index in [0.717, 1.165) is 23.8 Å². The van der Waals surface area contributed by atoms with Crippen LogP contribution in [0.5, 0.6) is 0 Å². The molecule has 35 heavy (non-hydrogen) atoms. The summed E-state index contributed by atoms with van der Waals surface area (Å²) < 4.78 is 46.3. The van der Waals surface area contributed by atoms with E-state index in [4.69, 9.17) is 16.3 Å². The summed E-state index contributed by atoms with van der Waals surface area (Å²) in [6.45, 7) is 2.38. The third-order valence-electron chi connectivity index (χ3n) is 5.64. The number of hydrogen-bond acceptors (Lipinski definition) is 5. The number of nitrogens with one attached hydrogen (secondary N) is 1. The Labute approximate surface area is 207 Å². The number of hydrogen-bond donors (Lipinski definition) is 1. The molecule has 0 aliphatic carbocycles. The molecule has 1 aliphatic heterocycles. The molecule has 10 heteroatoms. The largest absolute Gasteiger partial charge is 0.449 e. The van der Waals surface area contributed by atoms with Crippen LogP contribution in [0.15, 0.2) is 71.6 Å². The van der Waals surface area contributed by atoms with E-state index in [1.54, 1.807) is 4.90 Å². The van der Waals surface area contributed by atoms with E-state index in [1.165, 1.54) is 36.8 Å². The Morgan fingerprint density at radius 1 is 1.06 bits per heavy atom. The van der Waals surface area contributed by atoms with Gasteiger partial charge in [0.05, 0.1) is 15.5 Å². The van der Waals surface area contributed by atoms with Crippen molar-refractivity contribution in [2.45, 2.75) is 30.9 Å². The second-order valence-corrected chi connectivity index (χ2v) is 10.2. The van der Waals surface area contributed by atoms with Gasteiger partial charge in [-0.15, -0.1) is 0 Å². The van der Waals surface area contributed by atoms with Gasteiger partial charge in [0.1, 0.15) is 5.82 Å². The molecule has 4 rings (SSSR count). The van der Waals surface area contributed by atoms with Gasteiger partial charge in [-0.25, -0.2) is 17.6 Å². The van der Waals surface area contributed by atoms with Crippen LogP contribution >= 0.6 is 11.6 Å². The van der Waals surface area contributed by atoms with Crippen molar-refractivity contribution >= 4 is 39.2 Å². The first-order chi connectivity index (χ1) is 16.6. The highest BCUT2D eigenvalue weighted by molar-refractivity contribution is 7.92. The van der Waals surface area contributed by atoms with Gasteiger partial charge in [-0.1, -0.05) is 35.9 Å². The van der Waals surface area contributed by atoms with E-state index in [1.807, 2.05) is 24.3 Å². The van der Waals surface area contributed by atoms with Crippen molar-refractivity contribution in [2.75, 3.05) is 11.3 Å². The lowest BCUT2D eigenvalue weighted by Crippen LogP contribution is -2.42. The fourth-order valence-corrected chi connectivity index (χ4v) is 5.05. The quantitative estimate of drug-likeness (QED) is 0.490. The van der Waals surface area contributed by atoms with Crippen LogP contribution in [0.4, 0.5) is 10.1 Å². The smallest absolute Gasteiger partial charge is 0.340 e. The van der Waals surface area contributed by atoms with E-state index in [2.05, 4.69) is 4.72 Å². The lowest BCUT2D eigenvalue weighted by molar-refractivity contribution is -0.140. The standard InChI is InChI=1S/C25H22ClFN2O5S/c1-16(24(30)29-13-12-17-4-2-3-5-18(17)15-29)34-25(31)22-14-21(10-11-23(22)26)35(32,33)28-20-8-6-19(27)7-9-20/h2-11,14,16,28H,12-13,15H2,1H3/t16-/m1/s1. The van der Waals surface area contributed by atoms with E-state index in [9.17, 15) is 22.4 Å². The molecule has 3 aromatic carbocycles. The summed E-state index contributed by atoms with van der Waals surface area (Å²) in [6.07, 6.45) is -0.392. The van der Waals surface area contributed by atoms with Gasteiger partial charge in [-0.3, -0.25) is 9.52 Å². The van der Waals surface area contributed by atoms with Crippen molar-refractivity contribution in [1.82, 2.24) is 4.90 Å². The van der Waals surface area contributed by atoms with E-state index in [-0.39, 0.29) is 27.1 Å². The van der Waals surface area contributed by atoms with E-state index >= 15 is 0 Å². The van der Waals surface area contributed by atoms with Gasteiger partial charge in [0.15, 0.2) is 6.10 Å². The summed E-state index contributed by atoms with van der Waals surface area (Å²) in [5.74, 6) is -1.79. The zero-order valence-corrected chi connectivity index (χ0v) is 20.3. The van der Waals surface area contributed by atoms with Crippen molar-refractivity contribution in [3.8, 4) is 0 Å². The summed E-state index contributed by atoms with van der Waals surface area (Å²) in [5, 5.41) is -0.0257. The lowest BCUT2D eigenvalue weighted by Gasteiger charge is -2.30. The highest BCUT2D eigenvalue weighted by Crippen LogP contribution is 2.25. The van der Waals surface area contributed by atoms with Crippen LogP contribution in [0.2, 0.25) is 5.02 Å². The number of amides is 1. The van der Waals surface area contributed by atoms with Crippen LogP contribution in [0.25, 0.3) is 0 Å². The number of halogens is 2. The number of fused-ring (bicyclic) bond motifs is 1. The molecule has 1 atom stereocenters. The minimum absolute atomic E-state index is 0.0257. The highest BCUT2D eigenvalue weighted by Gasteiger charge is 2.28. The molecule has 0 saturated carbocycles. The first kappa shape index (κ1) is 24.7. The predicted molar refractivity (Wildman–Crippen MR) is 129 cm³/mol. The maximum atomic E-state index is 13.1. The maximum absolute atomic E-state index is 13.1. The highest BCUT2D eigenvalue weighted by atomic mass is 35.5. The molecule has 1 N–H and O–H groups in total. The monoisotopic (exact) mass is 516 g/mol. The number of benzene rings is 3. The normalized spacial score (nSPS) is 14.1. The molecule has 1 aliphatic rings. The van der Waals surface area contributed by atoms with Crippen LogP contribution in [-0.4, -0.2) is 37.8 Å². The number of nitrogens with zero attached hydrogens (tertiary/aromatic N) is 1. The summed E-state index contributed by atoms with van der Waals surface area (Å²) in [6, 6.07) is 16.2. The summed E-state index contributed by atoms with van der Waals surface area (Å²) in [5.41, 5.74) is 2.17. The fraction of sp³-hybridized carbons (Fsp3) is 0.200. The SMILES string of the molecule is C[C@@H](OC(=O)c1cc(S(=O)(=O)Nc2ccc(F)cc2)ccc1Cl)C(=O)N1CCc2ccccc2C1. The molecule has 0 unspecified atom stereocenters.